The van der Waals surface area contributed by atoms with Crippen molar-refractivity contribution in [3.05, 3.63) is 46.7 Å². The fourth-order valence-electron chi connectivity index (χ4n) is 2.88. The van der Waals surface area contributed by atoms with E-state index < -0.39 is 0 Å². The number of hydrogen-bond donors (Lipinski definition) is 1. The van der Waals surface area contributed by atoms with Crippen molar-refractivity contribution in [2.75, 3.05) is 13.2 Å². The minimum atomic E-state index is -0.172. The molecule has 1 saturated heterocycles. The number of hydrogen-bond acceptors (Lipinski definition) is 4. The minimum Gasteiger partial charge on any atom is -0.394 e. The van der Waals surface area contributed by atoms with Gasteiger partial charge in [0.15, 0.2) is 5.69 Å². The first-order valence-electron chi connectivity index (χ1n) is 7.74. The third-order valence-corrected chi connectivity index (χ3v) is 4.52. The van der Waals surface area contributed by atoms with Crippen molar-refractivity contribution in [3.8, 4) is 0 Å². The summed E-state index contributed by atoms with van der Waals surface area (Å²) < 4.78 is 1.60. The summed E-state index contributed by atoms with van der Waals surface area (Å²) in [6.45, 7) is 1.10. The zero-order valence-electron chi connectivity index (χ0n) is 12.7. The largest absolute Gasteiger partial charge is 0.394 e. The van der Waals surface area contributed by atoms with Gasteiger partial charge in [-0.2, -0.15) is 0 Å². The topological polar surface area (TPSA) is 71.2 Å². The molecule has 0 saturated carbocycles. The quantitative estimate of drug-likeness (QED) is 0.928. The third kappa shape index (κ3) is 3.54. The lowest BCUT2D eigenvalue weighted by atomic mass is 10.0. The van der Waals surface area contributed by atoms with Gasteiger partial charge in [0, 0.05) is 11.6 Å². The highest BCUT2D eigenvalue weighted by atomic mass is 35.5. The maximum absolute atomic E-state index is 12.6. The Morgan fingerprint density at radius 3 is 2.96 bits per heavy atom. The van der Waals surface area contributed by atoms with Crippen molar-refractivity contribution in [3.63, 3.8) is 0 Å². The van der Waals surface area contributed by atoms with Gasteiger partial charge in [-0.05, 0) is 30.9 Å². The van der Waals surface area contributed by atoms with Crippen LogP contribution in [0.1, 0.15) is 35.3 Å². The summed E-state index contributed by atoms with van der Waals surface area (Å²) in [6, 6.07) is 7.39. The van der Waals surface area contributed by atoms with Crippen LogP contribution < -0.4 is 0 Å². The number of aromatic nitrogens is 3. The first-order valence-corrected chi connectivity index (χ1v) is 8.12. The lowest BCUT2D eigenvalue weighted by Crippen LogP contribution is -2.45. The third-order valence-electron chi connectivity index (χ3n) is 4.15. The second kappa shape index (κ2) is 7.10. The van der Waals surface area contributed by atoms with Crippen LogP contribution >= 0.6 is 11.6 Å². The molecular weight excluding hydrogens is 316 g/mol. The van der Waals surface area contributed by atoms with Crippen LogP contribution in [0.5, 0.6) is 0 Å². The van der Waals surface area contributed by atoms with E-state index in [1.54, 1.807) is 15.8 Å². The standard InChI is InChI=1S/C16H19ClN4O2/c17-14-7-2-1-5-12(14)9-20-10-15(18-19-20)16(23)21-8-4-3-6-13(21)11-22/h1-2,5,7,10,13,22H,3-4,6,8-9,11H2/t13-/m1/s1. The maximum atomic E-state index is 12.6. The summed E-state index contributed by atoms with van der Waals surface area (Å²) in [5, 5.41) is 18.1. The molecule has 1 atom stereocenters. The van der Waals surface area contributed by atoms with Crippen LogP contribution in [0.25, 0.3) is 0 Å². The van der Waals surface area contributed by atoms with E-state index in [4.69, 9.17) is 11.6 Å². The van der Waals surface area contributed by atoms with Gasteiger partial charge in [-0.15, -0.1) is 5.10 Å². The zero-order valence-corrected chi connectivity index (χ0v) is 13.5. The lowest BCUT2D eigenvalue weighted by Gasteiger charge is -2.33. The van der Waals surface area contributed by atoms with E-state index in [1.807, 2.05) is 24.3 Å². The number of amides is 1. The molecule has 6 nitrogen and oxygen atoms in total. The van der Waals surface area contributed by atoms with Crippen LogP contribution in [-0.2, 0) is 6.54 Å². The molecule has 1 fully saturated rings. The summed E-state index contributed by atoms with van der Waals surface area (Å²) in [5.41, 5.74) is 1.22. The molecule has 1 aliphatic rings. The summed E-state index contributed by atoms with van der Waals surface area (Å²) in [6.07, 6.45) is 4.45. The Bertz CT molecular complexity index is 688. The summed E-state index contributed by atoms with van der Waals surface area (Å²) in [7, 11) is 0. The van der Waals surface area contributed by atoms with Crippen molar-refractivity contribution in [2.24, 2.45) is 0 Å². The van der Waals surface area contributed by atoms with Crippen LogP contribution in [0.4, 0.5) is 0 Å². The van der Waals surface area contributed by atoms with Crippen molar-refractivity contribution < 1.29 is 9.90 Å². The number of aliphatic hydroxyl groups excluding tert-OH is 1. The Morgan fingerprint density at radius 2 is 2.17 bits per heavy atom. The molecule has 1 aliphatic heterocycles. The number of piperidine rings is 1. The number of nitrogens with zero attached hydrogens (tertiary/aromatic N) is 4. The number of benzene rings is 1. The van der Waals surface area contributed by atoms with Crippen LogP contribution in [-0.4, -0.2) is 50.1 Å². The van der Waals surface area contributed by atoms with Crippen molar-refractivity contribution >= 4 is 17.5 Å². The first-order chi connectivity index (χ1) is 11.2. The number of likely N-dealkylation sites (tertiary alicyclic amines) is 1. The monoisotopic (exact) mass is 334 g/mol. The maximum Gasteiger partial charge on any atom is 0.276 e. The molecule has 0 unspecified atom stereocenters. The highest BCUT2D eigenvalue weighted by Gasteiger charge is 2.28. The van der Waals surface area contributed by atoms with E-state index >= 15 is 0 Å². The highest BCUT2D eigenvalue weighted by molar-refractivity contribution is 6.31. The second-order valence-corrected chi connectivity index (χ2v) is 6.13. The molecule has 2 aromatic rings. The molecule has 1 N–H and O–H groups in total. The average molecular weight is 335 g/mol. The predicted octanol–water partition coefficient (Wildman–Crippen LogP) is 1.97. The predicted molar refractivity (Wildman–Crippen MR) is 86.3 cm³/mol. The van der Waals surface area contributed by atoms with Crippen LogP contribution in [0, 0.1) is 0 Å². The smallest absolute Gasteiger partial charge is 0.276 e. The first kappa shape index (κ1) is 16.0. The van der Waals surface area contributed by atoms with Crippen LogP contribution in [0.2, 0.25) is 5.02 Å². The molecule has 1 aromatic carbocycles. The van der Waals surface area contributed by atoms with E-state index in [-0.39, 0.29) is 18.6 Å². The molecule has 0 radical (unpaired) electrons. The van der Waals surface area contributed by atoms with Gasteiger partial charge in [-0.3, -0.25) is 4.79 Å². The van der Waals surface area contributed by atoms with Gasteiger partial charge in [0.1, 0.15) is 0 Å². The lowest BCUT2D eigenvalue weighted by molar-refractivity contribution is 0.0497. The average Bonchev–Trinajstić information content (AvgIpc) is 3.05. The Balaban J connectivity index is 1.73. The van der Waals surface area contributed by atoms with E-state index in [0.717, 1.165) is 24.8 Å². The summed E-state index contributed by atoms with van der Waals surface area (Å²) >= 11 is 6.14. The van der Waals surface area contributed by atoms with E-state index in [9.17, 15) is 9.90 Å². The molecule has 1 amide bonds. The van der Waals surface area contributed by atoms with Crippen molar-refractivity contribution in [1.82, 2.24) is 19.9 Å². The van der Waals surface area contributed by atoms with Gasteiger partial charge in [0.05, 0.1) is 25.4 Å². The molecule has 0 spiro atoms. The van der Waals surface area contributed by atoms with Gasteiger partial charge < -0.3 is 10.0 Å². The Hall–Kier alpha value is -1.92. The van der Waals surface area contributed by atoms with Crippen LogP contribution in [0.15, 0.2) is 30.5 Å². The zero-order chi connectivity index (χ0) is 16.2. The molecule has 3 rings (SSSR count). The molecule has 1 aromatic heterocycles. The summed E-state index contributed by atoms with van der Waals surface area (Å²) in [5.74, 6) is -0.172. The summed E-state index contributed by atoms with van der Waals surface area (Å²) in [4.78, 5) is 14.3. The number of rotatable bonds is 4. The fourth-order valence-corrected chi connectivity index (χ4v) is 3.08. The van der Waals surface area contributed by atoms with Gasteiger partial charge in [-0.25, -0.2) is 4.68 Å². The van der Waals surface area contributed by atoms with Gasteiger partial charge in [0.25, 0.3) is 5.91 Å². The van der Waals surface area contributed by atoms with E-state index in [2.05, 4.69) is 10.3 Å². The highest BCUT2D eigenvalue weighted by Crippen LogP contribution is 2.19. The van der Waals surface area contributed by atoms with Crippen molar-refractivity contribution in [2.45, 2.75) is 31.8 Å². The van der Waals surface area contributed by atoms with Gasteiger partial charge in [-0.1, -0.05) is 35.0 Å². The van der Waals surface area contributed by atoms with Gasteiger partial charge in [0.2, 0.25) is 0 Å². The number of aliphatic hydroxyl groups is 1. The number of halogens is 1. The molecule has 0 aliphatic carbocycles. The molecule has 0 bridgehead atoms. The fraction of sp³-hybridized carbons (Fsp3) is 0.438. The van der Waals surface area contributed by atoms with Crippen molar-refractivity contribution in [1.29, 1.82) is 0 Å². The van der Waals surface area contributed by atoms with E-state index in [1.165, 1.54) is 0 Å². The number of carbonyl (C=O) groups is 1. The molecule has 7 heteroatoms. The van der Waals surface area contributed by atoms with Gasteiger partial charge >= 0.3 is 0 Å². The Kier molecular flexibility index (Phi) is 4.93. The molecule has 122 valence electrons. The normalized spacial score (nSPS) is 18.2. The molecule has 23 heavy (non-hydrogen) atoms. The minimum absolute atomic E-state index is 0.0144. The molecular formula is C16H19ClN4O2. The second-order valence-electron chi connectivity index (χ2n) is 5.72. The Labute approximate surface area is 139 Å². The Morgan fingerprint density at radius 1 is 1.35 bits per heavy atom. The SMILES string of the molecule is O=C(c1cn(Cc2ccccc2Cl)nn1)N1CCCC[C@@H]1CO. The molecule has 2 heterocycles. The van der Waals surface area contributed by atoms with Crippen LogP contribution in [0.3, 0.4) is 0 Å². The number of carbonyl (C=O) groups excluding carboxylic acids is 1. The van der Waals surface area contributed by atoms with E-state index in [0.29, 0.717) is 23.8 Å².